The SMILES string of the molecule is CN(C)S(=O)(=O)c1ccc(N2CCCC2)c(C(=O)NCC(=O)O)c1. The van der Waals surface area contributed by atoms with Gasteiger partial charge in [0.25, 0.3) is 5.91 Å². The second kappa shape index (κ2) is 7.18. The fourth-order valence-electron chi connectivity index (χ4n) is 2.55. The molecule has 8 nitrogen and oxygen atoms in total. The van der Waals surface area contributed by atoms with E-state index in [9.17, 15) is 18.0 Å². The van der Waals surface area contributed by atoms with Crippen LogP contribution in [0.15, 0.2) is 23.1 Å². The van der Waals surface area contributed by atoms with Gasteiger partial charge in [-0.15, -0.1) is 0 Å². The number of sulfonamides is 1. The predicted molar refractivity (Wildman–Crippen MR) is 88.7 cm³/mol. The van der Waals surface area contributed by atoms with Gasteiger partial charge in [-0.3, -0.25) is 9.59 Å². The van der Waals surface area contributed by atoms with Gasteiger partial charge in [0.05, 0.1) is 10.5 Å². The van der Waals surface area contributed by atoms with Gasteiger partial charge >= 0.3 is 5.97 Å². The van der Waals surface area contributed by atoms with E-state index in [0.717, 1.165) is 30.2 Å². The van der Waals surface area contributed by atoms with Crippen LogP contribution in [-0.4, -0.2) is 63.4 Å². The van der Waals surface area contributed by atoms with Gasteiger partial charge < -0.3 is 15.3 Å². The molecule has 0 unspecified atom stereocenters. The molecule has 0 radical (unpaired) electrons. The van der Waals surface area contributed by atoms with E-state index >= 15 is 0 Å². The van der Waals surface area contributed by atoms with Gasteiger partial charge in [-0.1, -0.05) is 0 Å². The summed E-state index contributed by atoms with van der Waals surface area (Å²) in [6.45, 7) is 1.03. The second-order valence-electron chi connectivity index (χ2n) is 5.74. The van der Waals surface area contributed by atoms with Gasteiger partial charge in [-0.05, 0) is 31.0 Å². The third-order valence-electron chi connectivity index (χ3n) is 3.84. The molecule has 1 aliphatic heterocycles. The summed E-state index contributed by atoms with van der Waals surface area (Å²) in [6.07, 6.45) is 1.99. The van der Waals surface area contributed by atoms with Crippen molar-refractivity contribution < 1.29 is 23.1 Å². The van der Waals surface area contributed by atoms with E-state index in [0.29, 0.717) is 5.69 Å². The minimum absolute atomic E-state index is 0.00378. The summed E-state index contributed by atoms with van der Waals surface area (Å²) >= 11 is 0. The molecule has 1 fully saturated rings. The highest BCUT2D eigenvalue weighted by Crippen LogP contribution is 2.28. The van der Waals surface area contributed by atoms with Crippen LogP contribution in [0.1, 0.15) is 23.2 Å². The monoisotopic (exact) mass is 355 g/mol. The first-order valence-corrected chi connectivity index (χ1v) is 8.99. The molecule has 1 heterocycles. The smallest absolute Gasteiger partial charge is 0.322 e. The Morgan fingerprint density at radius 2 is 1.88 bits per heavy atom. The van der Waals surface area contributed by atoms with Crippen molar-refractivity contribution in [3.63, 3.8) is 0 Å². The number of carboxylic acid groups (broad SMARTS) is 1. The molecular weight excluding hydrogens is 334 g/mol. The number of benzene rings is 1. The Bertz CT molecular complexity index is 739. The number of anilines is 1. The van der Waals surface area contributed by atoms with Gasteiger partial charge in [-0.2, -0.15) is 0 Å². The maximum absolute atomic E-state index is 12.4. The normalized spacial score (nSPS) is 14.9. The number of nitrogens with zero attached hydrogens (tertiary/aromatic N) is 2. The molecule has 24 heavy (non-hydrogen) atoms. The first kappa shape index (κ1) is 18.2. The van der Waals surface area contributed by atoms with Crippen molar-refractivity contribution in [1.29, 1.82) is 0 Å². The molecule has 0 spiro atoms. The van der Waals surface area contributed by atoms with Gasteiger partial charge in [0, 0.05) is 32.9 Å². The first-order valence-electron chi connectivity index (χ1n) is 7.55. The zero-order valence-electron chi connectivity index (χ0n) is 13.7. The van der Waals surface area contributed by atoms with E-state index < -0.39 is 28.4 Å². The van der Waals surface area contributed by atoms with Crippen molar-refractivity contribution in [2.45, 2.75) is 17.7 Å². The quantitative estimate of drug-likeness (QED) is 0.763. The number of aliphatic carboxylic acids is 1. The molecule has 0 aromatic heterocycles. The van der Waals surface area contributed by atoms with Crippen molar-refractivity contribution in [2.75, 3.05) is 38.6 Å². The minimum Gasteiger partial charge on any atom is -0.480 e. The van der Waals surface area contributed by atoms with E-state index in [1.807, 2.05) is 4.90 Å². The van der Waals surface area contributed by atoms with Crippen molar-refractivity contribution in [2.24, 2.45) is 0 Å². The Hall–Kier alpha value is -2.13. The van der Waals surface area contributed by atoms with Crippen molar-refractivity contribution in [1.82, 2.24) is 9.62 Å². The molecule has 0 saturated carbocycles. The zero-order valence-corrected chi connectivity index (χ0v) is 14.5. The van der Waals surface area contributed by atoms with E-state index in [-0.39, 0.29) is 10.5 Å². The molecule has 1 aliphatic rings. The highest BCUT2D eigenvalue weighted by molar-refractivity contribution is 7.89. The molecule has 1 aromatic carbocycles. The summed E-state index contributed by atoms with van der Waals surface area (Å²) in [5.74, 6) is -1.77. The average molecular weight is 355 g/mol. The van der Waals surface area contributed by atoms with Gasteiger partial charge in [0.1, 0.15) is 6.54 Å². The first-order chi connectivity index (χ1) is 11.2. The summed E-state index contributed by atoms with van der Waals surface area (Å²) in [4.78, 5) is 25.0. The molecule has 132 valence electrons. The van der Waals surface area contributed by atoms with Crippen molar-refractivity contribution >= 4 is 27.6 Å². The molecule has 1 saturated heterocycles. The largest absolute Gasteiger partial charge is 0.480 e. The number of hydrogen-bond donors (Lipinski definition) is 2. The molecule has 1 amide bonds. The highest BCUT2D eigenvalue weighted by Gasteiger charge is 2.24. The van der Waals surface area contributed by atoms with Crippen LogP contribution in [0.3, 0.4) is 0 Å². The number of carbonyl (C=O) groups is 2. The molecule has 2 N–H and O–H groups in total. The maximum atomic E-state index is 12.4. The van der Waals surface area contributed by atoms with Crippen LogP contribution < -0.4 is 10.2 Å². The fourth-order valence-corrected chi connectivity index (χ4v) is 3.48. The molecule has 0 aliphatic carbocycles. The number of nitrogens with one attached hydrogen (secondary N) is 1. The number of carbonyl (C=O) groups excluding carboxylic acids is 1. The van der Waals surface area contributed by atoms with Crippen LogP contribution in [0.25, 0.3) is 0 Å². The van der Waals surface area contributed by atoms with Crippen LogP contribution >= 0.6 is 0 Å². The lowest BCUT2D eigenvalue weighted by Gasteiger charge is -2.22. The Kier molecular flexibility index (Phi) is 5.45. The van der Waals surface area contributed by atoms with Crippen molar-refractivity contribution in [3.8, 4) is 0 Å². The van der Waals surface area contributed by atoms with E-state index in [1.165, 1.54) is 26.2 Å². The molecule has 1 aromatic rings. The Balaban J connectivity index is 2.45. The Morgan fingerprint density at radius 3 is 2.42 bits per heavy atom. The van der Waals surface area contributed by atoms with Gasteiger partial charge in [-0.25, -0.2) is 12.7 Å². The summed E-state index contributed by atoms with van der Waals surface area (Å²) < 4.78 is 25.7. The third-order valence-corrected chi connectivity index (χ3v) is 5.65. The molecule has 2 rings (SSSR count). The summed E-state index contributed by atoms with van der Waals surface area (Å²) in [7, 11) is -0.865. The van der Waals surface area contributed by atoms with E-state index in [1.54, 1.807) is 6.07 Å². The van der Waals surface area contributed by atoms with E-state index in [2.05, 4.69) is 5.32 Å². The molecular formula is C15H21N3O5S. The van der Waals surface area contributed by atoms with Crippen LogP contribution in [0.5, 0.6) is 0 Å². The fraction of sp³-hybridized carbons (Fsp3) is 0.467. The van der Waals surface area contributed by atoms with Crippen LogP contribution in [0, 0.1) is 0 Å². The lowest BCUT2D eigenvalue weighted by atomic mass is 10.1. The van der Waals surface area contributed by atoms with Gasteiger partial charge in [0.2, 0.25) is 10.0 Å². The lowest BCUT2D eigenvalue weighted by molar-refractivity contribution is -0.135. The second-order valence-corrected chi connectivity index (χ2v) is 7.89. The number of carboxylic acids is 1. The molecule has 9 heteroatoms. The summed E-state index contributed by atoms with van der Waals surface area (Å²) in [5, 5.41) is 11.0. The highest BCUT2D eigenvalue weighted by atomic mass is 32.2. The zero-order chi connectivity index (χ0) is 17.9. The number of rotatable bonds is 6. The summed E-state index contributed by atoms with van der Waals surface area (Å²) in [6, 6.07) is 4.38. The topological polar surface area (TPSA) is 107 Å². The Labute approximate surface area is 141 Å². The maximum Gasteiger partial charge on any atom is 0.322 e. The van der Waals surface area contributed by atoms with Gasteiger partial charge in [0.15, 0.2) is 0 Å². The van der Waals surface area contributed by atoms with Crippen LogP contribution in [0.4, 0.5) is 5.69 Å². The average Bonchev–Trinajstić information content (AvgIpc) is 3.06. The standard InChI is InChI=1S/C15H21N3O5S/c1-17(2)24(22,23)11-5-6-13(18-7-3-4-8-18)12(9-11)15(21)16-10-14(19)20/h5-6,9H,3-4,7-8,10H2,1-2H3,(H,16,21)(H,19,20). The minimum atomic E-state index is -3.69. The molecule has 0 bridgehead atoms. The lowest BCUT2D eigenvalue weighted by Crippen LogP contribution is -2.32. The molecule has 0 atom stereocenters. The number of hydrogen-bond acceptors (Lipinski definition) is 5. The van der Waals surface area contributed by atoms with Crippen LogP contribution in [-0.2, 0) is 14.8 Å². The predicted octanol–water partition coefficient (Wildman–Crippen LogP) is 0.352. The third kappa shape index (κ3) is 3.85. The Morgan fingerprint density at radius 1 is 1.25 bits per heavy atom. The number of amides is 1. The summed E-state index contributed by atoms with van der Waals surface area (Å²) in [5.41, 5.74) is 0.786. The van der Waals surface area contributed by atoms with E-state index in [4.69, 9.17) is 5.11 Å². The van der Waals surface area contributed by atoms with Crippen molar-refractivity contribution in [3.05, 3.63) is 23.8 Å². The van der Waals surface area contributed by atoms with Crippen LogP contribution in [0.2, 0.25) is 0 Å².